The molecule has 0 radical (unpaired) electrons. The summed E-state index contributed by atoms with van der Waals surface area (Å²) in [5.74, 6) is -0.382. The Labute approximate surface area is 123 Å². The molecule has 8 heteroatoms. The van der Waals surface area contributed by atoms with E-state index in [0.717, 1.165) is 0 Å². The summed E-state index contributed by atoms with van der Waals surface area (Å²) in [5, 5.41) is 0. The third kappa shape index (κ3) is 3.01. The Morgan fingerprint density at radius 3 is 2.90 bits per heavy atom. The number of hydrogen-bond acceptors (Lipinski definition) is 5. The predicted octanol–water partition coefficient (Wildman–Crippen LogP) is 0.928. The van der Waals surface area contributed by atoms with Crippen molar-refractivity contribution in [1.29, 1.82) is 0 Å². The van der Waals surface area contributed by atoms with E-state index < -0.39 is 17.5 Å². The molecule has 0 saturated carbocycles. The normalized spacial score (nSPS) is 25.6. The second-order valence-electron chi connectivity index (χ2n) is 4.56. The molecule has 20 heavy (non-hydrogen) atoms. The maximum Gasteiger partial charge on any atom is 0.330 e. The smallest absolute Gasteiger partial charge is 0.330 e. The van der Waals surface area contributed by atoms with Crippen LogP contribution in [-0.2, 0) is 14.3 Å². The Morgan fingerprint density at radius 1 is 1.60 bits per heavy atom. The minimum Gasteiger partial charge on any atom is -0.460 e. The minimum atomic E-state index is -0.565. The molecule has 0 amide bonds. The number of aromatic amines is 1. The van der Waals surface area contributed by atoms with E-state index >= 15 is 0 Å². The molecule has 0 unspecified atom stereocenters. The highest BCUT2D eigenvalue weighted by molar-refractivity contribution is 9.10. The van der Waals surface area contributed by atoms with E-state index in [1.807, 2.05) is 6.92 Å². The Balaban J connectivity index is 2.27. The lowest BCUT2D eigenvalue weighted by molar-refractivity contribution is -0.149. The van der Waals surface area contributed by atoms with Gasteiger partial charge in [-0.3, -0.25) is 19.1 Å². The molecule has 0 spiro atoms. The number of hydrogen-bond donors (Lipinski definition) is 1. The third-order valence-corrected chi connectivity index (χ3v) is 3.70. The molecule has 0 bridgehead atoms. The van der Waals surface area contributed by atoms with Gasteiger partial charge in [-0.1, -0.05) is 6.92 Å². The molecule has 7 nitrogen and oxygen atoms in total. The summed E-state index contributed by atoms with van der Waals surface area (Å²) in [6.45, 7) is 3.25. The Hall–Kier alpha value is -1.41. The summed E-state index contributed by atoms with van der Waals surface area (Å²) in [6, 6.07) is 0. The van der Waals surface area contributed by atoms with Gasteiger partial charge in [0.1, 0.15) is 12.3 Å². The number of nitrogens with zero attached hydrogens (tertiary/aromatic N) is 1. The second kappa shape index (κ2) is 5.92. The molecule has 1 fully saturated rings. The quantitative estimate of drug-likeness (QED) is 0.822. The first kappa shape index (κ1) is 15.0. The van der Waals surface area contributed by atoms with E-state index in [-0.39, 0.29) is 22.6 Å². The van der Waals surface area contributed by atoms with Crippen molar-refractivity contribution >= 4 is 21.9 Å². The molecular formula is C12H15BrN2O5. The van der Waals surface area contributed by atoms with Crippen LogP contribution in [0.15, 0.2) is 20.3 Å². The summed E-state index contributed by atoms with van der Waals surface area (Å²) in [7, 11) is 0. The topological polar surface area (TPSA) is 90.4 Å². The van der Waals surface area contributed by atoms with Crippen molar-refractivity contribution in [3.63, 3.8) is 0 Å². The molecule has 2 heterocycles. The van der Waals surface area contributed by atoms with Crippen LogP contribution in [0.3, 0.4) is 0 Å². The van der Waals surface area contributed by atoms with E-state index in [0.29, 0.717) is 12.8 Å². The number of carbonyl (C=O) groups is 1. The van der Waals surface area contributed by atoms with E-state index in [2.05, 4.69) is 20.9 Å². The van der Waals surface area contributed by atoms with Crippen molar-refractivity contribution < 1.29 is 14.3 Å². The van der Waals surface area contributed by atoms with Gasteiger partial charge >= 0.3 is 11.7 Å². The molecule has 1 aliphatic rings. The Kier molecular flexibility index (Phi) is 4.44. The molecule has 1 aromatic heterocycles. The molecule has 1 aliphatic heterocycles. The van der Waals surface area contributed by atoms with Gasteiger partial charge in [-0.2, -0.15) is 0 Å². The lowest BCUT2D eigenvalue weighted by Crippen LogP contribution is -2.32. The van der Waals surface area contributed by atoms with Crippen molar-refractivity contribution in [1.82, 2.24) is 9.55 Å². The van der Waals surface area contributed by atoms with Crippen molar-refractivity contribution in [3.8, 4) is 0 Å². The highest BCUT2D eigenvalue weighted by atomic mass is 79.9. The fourth-order valence-corrected chi connectivity index (χ4v) is 2.57. The van der Waals surface area contributed by atoms with Gasteiger partial charge in [0.15, 0.2) is 0 Å². The van der Waals surface area contributed by atoms with Crippen LogP contribution in [0, 0.1) is 0 Å². The SMILES string of the molecule is CC[C@H]1O[C@@H](n2cc(Br)c(=O)[nH]c2=O)C[C@H]1OC(C)=O. The number of nitrogens with one attached hydrogen (secondary N) is 1. The average molecular weight is 347 g/mol. The third-order valence-electron chi connectivity index (χ3n) is 3.13. The van der Waals surface area contributed by atoms with E-state index in [1.165, 1.54) is 17.7 Å². The molecule has 3 atom stereocenters. The number of H-pyrrole nitrogens is 1. The number of esters is 1. The summed E-state index contributed by atoms with van der Waals surface area (Å²) in [5.41, 5.74) is -1.05. The Morgan fingerprint density at radius 2 is 2.30 bits per heavy atom. The minimum absolute atomic E-state index is 0.240. The van der Waals surface area contributed by atoms with Crippen molar-refractivity contribution in [2.45, 2.75) is 45.1 Å². The number of carbonyl (C=O) groups excluding carboxylic acids is 1. The molecule has 2 rings (SSSR count). The molecular weight excluding hydrogens is 332 g/mol. The highest BCUT2D eigenvalue weighted by Gasteiger charge is 2.37. The standard InChI is InChI=1S/C12H15BrN2O5/c1-3-8-9(19-6(2)16)4-10(20-8)15-5-7(13)11(17)14-12(15)18/h5,8-10H,3-4H2,1-2H3,(H,14,17,18)/t8-,9-,10-/m1/s1. The highest BCUT2D eigenvalue weighted by Crippen LogP contribution is 2.31. The van der Waals surface area contributed by atoms with Crippen molar-refractivity contribution in [2.24, 2.45) is 0 Å². The van der Waals surface area contributed by atoms with Crippen LogP contribution in [0.4, 0.5) is 0 Å². The zero-order chi connectivity index (χ0) is 14.9. The zero-order valence-electron chi connectivity index (χ0n) is 11.1. The molecule has 0 aromatic carbocycles. The monoisotopic (exact) mass is 346 g/mol. The van der Waals surface area contributed by atoms with Crippen LogP contribution in [0.5, 0.6) is 0 Å². The van der Waals surface area contributed by atoms with Crippen LogP contribution < -0.4 is 11.2 Å². The van der Waals surface area contributed by atoms with E-state index in [9.17, 15) is 14.4 Å². The predicted molar refractivity (Wildman–Crippen MR) is 73.4 cm³/mol. The average Bonchev–Trinajstić information content (AvgIpc) is 2.75. The van der Waals surface area contributed by atoms with Gasteiger partial charge in [0.25, 0.3) is 5.56 Å². The Bertz CT molecular complexity index is 623. The number of aromatic nitrogens is 2. The molecule has 1 aromatic rings. The molecule has 1 saturated heterocycles. The van der Waals surface area contributed by atoms with Gasteiger partial charge in [-0.15, -0.1) is 0 Å². The first-order valence-corrected chi connectivity index (χ1v) is 7.05. The van der Waals surface area contributed by atoms with Crippen molar-refractivity contribution in [3.05, 3.63) is 31.5 Å². The van der Waals surface area contributed by atoms with Gasteiger partial charge < -0.3 is 9.47 Å². The summed E-state index contributed by atoms with van der Waals surface area (Å²) in [6.07, 6.45) is 1.20. The van der Waals surface area contributed by atoms with Crippen LogP contribution in [-0.4, -0.2) is 27.7 Å². The van der Waals surface area contributed by atoms with Gasteiger partial charge in [0.05, 0.1) is 10.6 Å². The summed E-state index contributed by atoms with van der Waals surface area (Å²) in [4.78, 5) is 36.4. The first-order valence-electron chi connectivity index (χ1n) is 6.26. The van der Waals surface area contributed by atoms with Crippen molar-refractivity contribution in [2.75, 3.05) is 0 Å². The maximum atomic E-state index is 11.8. The second-order valence-corrected chi connectivity index (χ2v) is 5.42. The number of halogens is 1. The van der Waals surface area contributed by atoms with Crippen LogP contribution in [0.1, 0.15) is 32.9 Å². The number of ether oxygens (including phenoxy) is 2. The fourth-order valence-electron chi connectivity index (χ4n) is 2.25. The largest absolute Gasteiger partial charge is 0.460 e. The van der Waals surface area contributed by atoms with E-state index in [1.54, 1.807) is 0 Å². The molecule has 1 N–H and O–H groups in total. The van der Waals surface area contributed by atoms with Crippen LogP contribution in [0.2, 0.25) is 0 Å². The molecule has 0 aliphatic carbocycles. The summed E-state index contributed by atoms with van der Waals surface area (Å²) < 4.78 is 12.5. The van der Waals surface area contributed by atoms with Gasteiger partial charge in [-0.05, 0) is 22.4 Å². The summed E-state index contributed by atoms with van der Waals surface area (Å²) >= 11 is 3.07. The fraction of sp³-hybridized carbons (Fsp3) is 0.583. The van der Waals surface area contributed by atoms with Gasteiger partial charge in [0, 0.05) is 19.5 Å². The lowest BCUT2D eigenvalue weighted by atomic mass is 10.1. The molecule has 110 valence electrons. The lowest BCUT2D eigenvalue weighted by Gasteiger charge is -2.16. The van der Waals surface area contributed by atoms with Gasteiger partial charge in [0.2, 0.25) is 0 Å². The number of rotatable bonds is 3. The van der Waals surface area contributed by atoms with Crippen LogP contribution in [0.25, 0.3) is 0 Å². The zero-order valence-corrected chi connectivity index (χ0v) is 12.7. The van der Waals surface area contributed by atoms with E-state index in [4.69, 9.17) is 9.47 Å². The van der Waals surface area contributed by atoms with Crippen LogP contribution >= 0.6 is 15.9 Å². The maximum absolute atomic E-state index is 11.8. The van der Waals surface area contributed by atoms with Gasteiger partial charge in [-0.25, -0.2) is 4.79 Å². The first-order chi connectivity index (χ1) is 9.42.